The van der Waals surface area contributed by atoms with Gasteiger partial charge in [0.1, 0.15) is 19.3 Å². The zero-order valence-corrected chi connectivity index (χ0v) is 66.2. The molecule has 0 aromatic heterocycles. The van der Waals surface area contributed by atoms with Gasteiger partial charge < -0.3 is 33.8 Å². The molecule has 3 N–H and O–H groups in total. The van der Waals surface area contributed by atoms with Gasteiger partial charge in [-0.3, -0.25) is 37.3 Å². The summed E-state index contributed by atoms with van der Waals surface area (Å²) in [5, 5.41) is 10.6. The highest BCUT2D eigenvalue weighted by Gasteiger charge is 2.30. The smallest absolute Gasteiger partial charge is 0.462 e. The van der Waals surface area contributed by atoms with Gasteiger partial charge in [0.25, 0.3) is 0 Å². The van der Waals surface area contributed by atoms with Crippen LogP contribution in [0.5, 0.6) is 0 Å². The summed E-state index contributed by atoms with van der Waals surface area (Å²) in [5.41, 5.74) is 0. The van der Waals surface area contributed by atoms with Gasteiger partial charge in [-0.25, -0.2) is 9.13 Å². The number of aliphatic hydroxyl groups excluding tert-OH is 1. The van der Waals surface area contributed by atoms with Gasteiger partial charge in [0.15, 0.2) is 12.2 Å². The van der Waals surface area contributed by atoms with Crippen LogP contribution in [-0.2, 0) is 65.4 Å². The largest absolute Gasteiger partial charge is 0.472 e. The van der Waals surface area contributed by atoms with Gasteiger partial charge >= 0.3 is 39.5 Å². The van der Waals surface area contributed by atoms with Crippen molar-refractivity contribution < 1.29 is 80.2 Å². The predicted molar refractivity (Wildman–Crippen MR) is 400 cm³/mol. The fourth-order valence-corrected chi connectivity index (χ4v) is 13.7. The van der Waals surface area contributed by atoms with Crippen LogP contribution in [0.25, 0.3) is 0 Å². The number of unbranched alkanes of at least 4 members (excludes halogenated alkanes) is 42. The maximum Gasteiger partial charge on any atom is 0.472 e. The summed E-state index contributed by atoms with van der Waals surface area (Å²) in [6, 6.07) is 0. The van der Waals surface area contributed by atoms with Gasteiger partial charge in [-0.15, -0.1) is 0 Å². The van der Waals surface area contributed by atoms with E-state index >= 15 is 0 Å². The second-order valence-corrected chi connectivity index (χ2v) is 33.3. The Morgan fingerprint density at radius 1 is 0.255 bits per heavy atom. The standard InChI is InChI=1S/C79H154O17P2/c1-69(2)55-47-39-31-23-16-10-9-11-20-28-37-45-53-61-78(83)95-74(65-89-76(81)59-51-43-35-27-19-14-12-17-24-32-40-48-56-70(3)4)67-93-97(85,86)91-63-73(80)64-92-98(87,88)94-68-75(66-90-77(82)60-52-44-36-30-22-26-34-42-50-58-72(7)8)96-79(84)62-54-46-38-29-21-15-13-18-25-33-41-49-57-71(5)6/h69-75,80H,9-68H2,1-8H3,(H,85,86)(H,87,88)/t73-,74-,75-/m1/s1. The molecule has 0 amide bonds. The molecule has 0 fully saturated rings. The number of hydrogen-bond donors (Lipinski definition) is 3. The molecular formula is C79H154O17P2. The fourth-order valence-electron chi connectivity index (χ4n) is 12.1. The van der Waals surface area contributed by atoms with Crippen molar-refractivity contribution in [3.8, 4) is 0 Å². The van der Waals surface area contributed by atoms with E-state index < -0.39 is 97.5 Å². The second-order valence-electron chi connectivity index (χ2n) is 30.4. The monoisotopic (exact) mass is 1440 g/mol. The molecule has 0 aromatic carbocycles. The van der Waals surface area contributed by atoms with Gasteiger partial charge in [-0.1, -0.05) is 351 Å². The molecule has 17 nitrogen and oxygen atoms in total. The molecule has 0 bridgehead atoms. The third-order valence-corrected chi connectivity index (χ3v) is 20.2. The molecule has 0 saturated carbocycles. The fraction of sp³-hybridized carbons (Fsp3) is 0.949. The van der Waals surface area contributed by atoms with Gasteiger partial charge in [0, 0.05) is 25.7 Å². The van der Waals surface area contributed by atoms with Crippen LogP contribution in [0, 0.1) is 23.7 Å². The topological polar surface area (TPSA) is 237 Å². The van der Waals surface area contributed by atoms with Gasteiger partial charge in [0.05, 0.1) is 26.4 Å². The Balaban J connectivity index is 5.28. The van der Waals surface area contributed by atoms with Crippen molar-refractivity contribution >= 4 is 39.5 Å². The average Bonchev–Trinajstić information content (AvgIpc) is 1.04. The Morgan fingerprint density at radius 2 is 0.429 bits per heavy atom. The highest BCUT2D eigenvalue weighted by Crippen LogP contribution is 2.45. The molecule has 0 aliphatic rings. The first-order valence-electron chi connectivity index (χ1n) is 40.7. The Kier molecular flexibility index (Phi) is 66.8. The second kappa shape index (κ2) is 68.2. The van der Waals surface area contributed by atoms with E-state index in [0.717, 1.165) is 114 Å². The number of phosphoric acid groups is 2. The van der Waals surface area contributed by atoms with Crippen molar-refractivity contribution in [2.24, 2.45) is 23.7 Å². The van der Waals surface area contributed by atoms with E-state index in [0.29, 0.717) is 25.7 Å². The summed E-state index contributed by atoms with van der Waals surface area (Å²) in [7, 11) is -9.92. The Hall–Kier alpha value is -1.94. The first-order valence-corrected chi connectivity index (χ1v) is 43.7. The predicted octanol–water partition coefficient (Wildman–Crippen LogP) is 23.2. The molecule has 0 aliphatic carbocycles. The lowest BCUT2D eigenvalue weighted by atomic mass is 10.0. The lowest BCUT2D eigenvalue weighted by Crippen LogP contribution is -2.30. The minimum atomic E-state index is -4.96. The zero-order chi connectivity index (χ0) is 72.4. The van der Waals surface area contributed by atoms with Crippen LogP contribution in [-0.4, -0.2) is 96.7 Å². The van der Waals surface area contributed by atoms with Crippen molar-refractivity contribution in [1.82, 2.24) is 0 Å². The molecule has 19 heteroatoms. The van der Waals surface area contributed by atoms with Crippen molar-refractivity contribution in [3.63, 3.8) is 0 Å². The SMILES string of the molecule is CC(C)CCCCCCCCCCCCCCCC(=O)O[C@H](COC(=O)CCCCCCCCCCCCCCC(C)C)COP(=O)(O)OC[C@@H](O)COP(=O)(O)OC[C@@H](COC(=O)CCCCCCCCCCCC(C)C)OC(=O)CCCCCCCCCCCCCCC(C)C. The summed E-state index contributed by atoms with van der Waals surface area (Å²) in [5.74, 6) is 0.974. The van der Waals surface area contributed by atoms with E-state index in [4.69, 9.17) is 37.0 Å². The molecule has 0 spiro atoms. The van der Waals surface area contributed by atoms with Gasteiger partial charge in [-0.05, 0) is 49.4 Å². The van der Waals surface area contributed by atoms with Crippen LogP contribution in [0.3, 0.4) is 0 Å². The number of rotatable bonds is 76. The lowest BCUT2D eigenvalue weighted by molar-refractivity contribution is -0.161. The number of phosphoric ester groups is 2. The summed E-state index contributed by atoms with van der Waals surface area (Å²) in [6.45, 7) is 14.3. The van der Waals surface area contributed by atoms with Gasteiger partial charge in [-0.2, -0.15) is 0 Å². The van der Waals surface area contributed by atoms with E-state index in [1.54, 1.807) is 0 Å². The molecule has 0 heterocycles. The zero-order valence-electron chi connectivity index (χ0n) is 64.4. The van der Waals surface area contributed by atoms with E-state index in [9.17, 15) is 43.2 Å². The van der Waals surface area contributed by atoms with Crippen molar-refractivity contribution in [3.05, 3.63) is 0 Å². The molecule has 5 atom stereocenters. The molecule has 0 rings (SSSR count). The minimum absolute atomic E-state index is 0.106. The summed E-state index contributed by atoms with van der Waals surface area (Å²) < 4.78 is 68.7. The summed E-state index contributed by atoms with van der Waals surface area (Å²) in [6.07, 6.45) is 54.0. The number of aliphatic hydroxyl groups is 1. The molecule has 0 aromatic rings. The van der Waals surface area contributed by atoms with E-state index in [-0.39, 0.29) is 25.7 Å². The number of esters is 4. The normalized spacial score (nSPS) is 14.1. The molecule has 98 heavy (non-hydrogen) atoms. The quantitative estimate of drug-likeness (QED) is 0.0222. The third kappa shape index (κ3) is 72.4. The number of ether oxygens (including phenoxy) is 4. The Morgan fingerprint density at radius 3 is 0.633 bits per heavy atom. The van der Waals surface area contributed by atoms with Crippen LogP contribution in [0.15, 0.2) is 0 Å². The summed E-state index contributed by atoms with van der Waals surface area (Å²) in [4.78, 5) is 73.0. The van der Waals surface area contributed by atoms with Crippen molar-refractivity contribution in [2.75, 3.05) is 39.6 Å². The molecule has 0 aliphatic heterocycles. The van der Waals surface area contributed by atoms with Crippen LogP contribution in [0.2, 0.25) is 0 Å². The third-order valence-electron chi connectivity index (χ3n) is 18.3. The molecular weight excluding hydrogens is 1280 g/mol. The van der Waals surface area contributed by atoms with Crippen molar-refractivity contribution in [1.29, 1.82) is 0 Å². The lowest BCUT2D eigenvalue weighted by Gasteiger charge is -2.21. The molecule has 0 saturated heterocycles. The van der Waals surface area contributed by atoms with E-state index in [1.165, 1.54) is 205 Å². The first kappa shape index (κ1) is 96.1. The van der Waals surface area contributed by atoms with Crippen LogP contribution >= 0.6 is 15.6 Å². The molecule has 582 valence electrons. The van der Waals surface area contributed by atoms with Crippen LogP contribution in [0.1, 0.15) is 402 Å². The van der Waals surface area contributed by atoms with Crippen molar-refractivity contribution in [2.45, 2.75) is 420 Å². The number of carbonyl (C=O) groups is 4. The van der Waals surface area contributed by atoms with E-state index in [2.05, 4.69) is 55.4 Å². The highest BCUT2D eigenvalue weighted by atomic mass is 31.2. The summed E-state index contributed by atoms with van der Waals surface area (Å²) >= 11 is 0. The minimum Gasteiger partial charge on any atom is -0.462 e. The number of hydrogen-bond acceptors (Lipinski definition) is 15. The molecule has 0 radical (unpaired) electrons. The number of carbonyl (C=O) groups excluding carboxylic acids is 4. The average molecular weight is 1440 g/mol. The first-order chi connectivity index (χ1) is 47.1. The molecule has 2 unspecified atom stereocenters. The van der Waals surface area contributed by atoms with E-state index in [1.807, 2.05) is 0 Å². The van der Waals surface area contributed by atoms with Crippen LogP contribution < -0.4 is 0 Å². The maximum atomic E-state index is 13.1. The Bertz CT molecular complexity index is 1920. The van der Waals surface area contributed by atoms with Crippen LogP contribution in [0.4, 0.5) is 0 Å². The Labute approximate surface area is 600 Å². The maximum absolute atomic E-state index is 13.1. The highest BCUT2D eigenvalue weighted by molar-refractivity contribution is 7.47. The van der Waals surface area contributed by atoms with Gasteiger partial charge in [0.2, 0.25) is 0 Å².